The standard InChI is InChI=1S/C15H16N4O3/c1-9-3-4-11-10(8-22-12(11)5-9)6-14(20)19(2)7-13-16-15(21)18-17-13/h3-5,8H,6-7H2,1-2H3,(H2,16,17,18,21). The smallest absolute Gasteiger partial charge is 0.340 e. The molecule has 22 heavy (non-hydrogen) atoms. The molecule has 114 valence electrons. The lowest BCUT2D eigenvalue weighted by Crippen LogP contribution is -2.28. The van der Waals surface area contributed by atoms with Crippen molar-refractivity contribution < 1.29 is 9.21 Å². The molecule has 1 aromatic carbocycles. The summed E-state index contributed by atoms with van der Waals surface area (Å²) < 4.78 is 5.50. The molecule has 0 atom stereocenters. The van der Waals surface area contributed by atoms with Crippen molar-refractivity contribution in [2.24, 2.45) is 0 Å². The van der Waals surface area contributed by atoms with Crippen molar-refractivity contribution in [3.8, 4) is 0 Å². The Morgan fingerprint density at radius 3 is 2.95 bits per heavy atom. The molecule has 0 aliphatic rings. The van der Waals surface area contributed by atoms with Gasteiger partial charge in [-0.05, 0) is 18.6 Å². The second-order valence-electron chi connectivity index (χ2n) is 5.31. The van der Waals surface area contributed by atoms with Crippen LogP contribution >= 0.6 is 0 Å². The van der Waals surface area contributed by atoms with Crippen LogP contribution in [-0.4, -0.2) is 33.0 Å². The minimum Gasteiger partial charge on any atom is -0.464 e. The summed E-state index contributed by atoms with van der Waals surface area (Å²) in [6.07, 6.45) is 1.85. The molecule has 7 heteroatoms. The van der Waals surface area contributed by atoms with Crippen molar-refractivity contribution in [3.05, 3.63) is 51.9 Å². The average molecular weight is 300 g/mol. The minimum atomic E-state index is -0.382. The van der Waals surface area contributed by atoms with Gasteiger partial charge < -0.3 is 9.32 Å². The monoisotopic (exact) mass is 300 g/mol. The number of carbonyl (C=O) groups is 1. The summed E-state index contributed by atoms with van der Waals surface area (Å²) in [6, 6.07) is 5.90. The van der Waals surface area contributed by atoms with Crippen LogP contribution in [0.4, 0.5) is 0 Å². The first-order valence-corrected chi connectivity index (χ1v) is 6.87. The third-order valence-electron chi connectivity index (χ3n) is 3.52. The summed E-state index contributed by atoms with van der Waals surface area (Å²) in [5.41, 5.74) is 2.36. The predicted molar refractivity (Wildman–Crippen MR) is 80.3 cm³/mol. The van der Waals surface area contributed by atoms with Crippen molar-refractivity contribution in [1.82, 2.24) is 20.1 Å². The average Bonchev–Trinajstić information content (AvgIpc) is 3.05. The van der Waals surface area contributed by atoms with Gasteiger partial charge >= 0.3 is 5.69 Å². The Labute approximate surface area is 125 Å². The Bertz CT molecular complexity index is 874. The van der Waals surface area contributed by atoms with E-state index in [1.54, 1.807) is 13.3 Å². The highest BCUT2D eigenvalue weighted by Crippen LogP contribution is 2.23. The second-order valence-corrected chi connectivity index (χ2v) is 5.31. The maximum absolute atomic E-state index is 12.3. The lowest BCUT2D eigenvalue weighted by atomic mass is 10.1. The van der Waals surface area contributed by atoms with Crippen LogP contribution in [0.1, 0.15) is 17.0 Å². The number of hydrogen-bond acceptors (Lipinski definition) is 4. The molecule has 3 rings (SSSR count). The molecule has 0 fully saturated rings. The number of furan rings is 1. The molecule has 0 unspecified atom stereocenters. The largest absolute Gasteiger partial charge is 0.464 e. The van der Waals surface area contributed by atoms with Crippen LogP contribution in [0.15, 0.2) is 33.7 Å². The summed E-state index contributed by atoms with van der Waals surface area (Å²) in [7, 11) is 1.67. The molecule has 1 amide bonds. The maximum atomic E-state index is 12.3. The molecule has 0 aliphatic heterocycles. The van der Waals surface area contributed by atoms with Crippen LogP contribution in [-0.2, 0) is 17.8 Å². The Morgan fingerprint density at radius 2 is 2.23 bits per heavy atom. The maximum Gasteiger partial charge on any atom is 0.340 e. The number of nitrogens with zero attached hydrogens (tertiary/aromatic N) is 2. The number of hydrogen-bond donors (Lipinski definition) is 2. The van der Waals surface area contributed by atoms with Gasteiger partial charge in [-0.25, -0.2) is 9.89 Å². The van der Waals surface area contributed by atoms with Gasteiger partial charge in [0.1, 0.15) is 5.58 Å². The van der Waals surface area contributed by atoms with Gasteiger partial charge in [-0.3, -0.25) is 9.78 Å². The van der Waals surface area contributed by atoms with E-state index in [1.807, 2.05) is 25.1 Å². The highest BCUT2D eigenvalue weighted by atomic mass is 16.3. The van der Waals surface area contributed by atoms with E-state index >= 15 is 0 Å². The minimum absolute atomic E-state index is 0.0767. The van der Waals surface area contributed by atoms with E-state index in [4.69, 9.17) is 4.42 Å². The van der Waals surface area contributed by atoms with E-state index in [9.17, 15) is 9.59 Å². The number of nitrogens with one attached hydrogen (secondary N) is 2. The van der Waals surface area contributed by atoms with Gasteiger partial charge in [0.05, 0.1) is 19.2 Å². The number of likely N-dealkylation sites (N-methyl/N-ethyl adjacent to an activating group) is 1. The van der Waals surface area contributed by atoms with Crippen molar-refractivity contribution in [3.63, 3.8) is 0 Å². The Kier molecular flexibility index (Phi) is 3.54. The van der Waals surface area contributed by atoms with Crippen LogP contribution in [0.2, 0.25) is 0 Å². The van der Waals surface area contributed by atoms with E-state index in [0.717, 1.165) is 22.1 Å². The molecule has 0 spiro atoms. The molecule has 0 radical (unpaired) electrons. The number of benzene rings is 1. The lowest BCUT2D eigenvalue weighted by Gasteiger charge is -2.14. The van der Waals surface area contributed by atoms with Crippen molar-refractivity contribution in [2.75, 3.05) is 7.05 Å². The van der Waals surface area contributed by atoms with Crippen LogP contribution in [0.3, 0.4) is 0 Å². The molecular formula is C15H16N4O3. The van der Waals surface area contributed by atoms with Gasteiger partial charge in [0.25, 0.3) is 0 Å². The quantitative estimate of drug-likeness (QED) is 0.760. The molecule has 3 aromatic rings. The summed E-state index contributed by atoms with van der Waals surface area (Å²) in [4.78, 5) is 27.3. The molecular weight excluding hydrogens is 284 g/mol. The molecule has 0 aliphatic carbocycles. The van der Waals surface area contributed by atoms with E-state index in [2.05, 4.69) is 15.2 Å². The number of aromatic amines is 2. The number of H-pyrrole nitrogens is 2. The van der Waals surface area contributed by atoms with Crippen LogP contribution < -0.4 is 5.69 Å². The van der Waals surface area contributed by atoms with Gasteiger partial charge in [0.15, 0.2) is 5.82 Å². The van der Waals surface area contributed by atoms with E-state index in [-0.39, 0.29) is 24.6 Å². The Balaban J connectivity index is 1.73. The summed E-state index contributed by atoms with van der Waals surface area (Å²) in [5, 5.41) is 7.01. The highest BCUT2D eigenvalue weighted by molar-refractivity contribution is 5.87. The van der Waals surface area contributed by atoms with Crippen molar-refractivity contribution >= 4 is 16.9 Å². The zero-order valence-corrected chi connectivity index (χ0v) is 12.3. The fourth-order valence-electron chi connectivity index (χ4n) is 2.32. The molecule has 0 bridgehead atoms. The van der Waals surface area contributed by atoms with Gasteiger partial charge in [-0.2, -0.15) is 5.10 Å². The first-order chi connectivity index (χ1) is 10.5. The normalized spacial score (nSPS) is 11.0. The van der Waals surface area contributed by atoms with E-state index in [0.29, 0.717) is 5.82 Å². The number of rotatable bonds is 4. The lowest BCUT2D eigenvalue weighted by molar-refractivity contribution is -0.129. The zero-order chi connectivity index (χ0) is 15.7. The van der Waals surface area contributed by atoms with Crippen LogP contribution in [0.25, 0.3) is 11.0 Å². The van der Waals surface area contributed by atoms with Gasteiger partial charge in [-0.15, -0.1) is 0 Å². The number of amides is 1. The number of carbonyl (C=O) groups excluding carboxylic acids is 1. The summed E-state index contributed by atoms with van der Waals surface area (Å²) >= 11 is 0. The fourth-order valence-corrected chi connectivity index (χ4v) is 2.32. The fraction of sp³-hybridized carbons (Fsp3) is 0.267. The summed E-state index contributed by atoms with van der Waals surface area (Å²) in [6.45, 7) is 2.23. The molecule has 2 heterocycles. The Hall–Kier alpha value is -2.83. The van der Waals surface area contributed by atoms with Crippen molar-refractivity contribution in [1.29, 1.82) is 0 Å². The summed E-state index contributed by atoms with van der Waals surface area (Å²) in [5.74, 6) is 0.348. The molecule has 2 N–H and O–H groups in total. The predicted octanol–water partition coefficient (Wildman–Crippen LogP) is 1.35. The molecule has 0 saturated heterocycles. The molecule has 2 aromatic heterocycles. The Morgan fingerprint density at radius 1 is 1.41 bits per heavy atom. The van der Waals surface area contributed by atoms with Gasteiger partial charge in [0, 0.05) is 18.0 Å². The third-order valence-corrected chi connectivity index (χ3v) is 3.52. The first kappa shape index (κ1) is 14.1. The number of aryl methyl sites for hydroxylation is 1. The van der Waals surface area contributed by atoms with Crippen LogP contribution in [0.5, 0.6) is 0 Å². The number of fused-ring (bicyclic) bond motifs is 1. The third kappa shape index (κ3) is 2.78. The zero-order valence-electron chi connectivity index (χ0n) is 12.3. The van der Waals surface area contributed by atoms with Gasteiger partial charge in [0.2, 0.25) is 5.91 Å². The molecule has 0 saturated carbocycles. The topological polar surface area (TPSA) is 95.0 Å². The van der Waals surface area contributed by atoms with E-state index < -0.39 is 0 Å². The number of aromatic nitrogens is 3. The molecule has 7 nitrogen and oxygen atoms in total. The first-order valence-electron chi connectivity index (χ1n) is 6.87. The van der Waals surface area contributed by atoms with Crippen molar-refractivity contribution in [2.45, 2.75) is 19.9 Å². The second kappa shape index (κ2) is 5.51. The van der Waals surface area contributed by atoms with Gasteiger partial charge in [-0.1, -0.05) is 12.1 Å². The van der Waals surface area contributed by atoms with Crippen LogP contribution in [0, 0.1) is 6.92 Å². The SMILES string of the molecule is Cc1ccc2c(CC(=O)N(C)Cc3n[nH]c(=O)[nH]3)coc2c1. The van der Waals surface area contributed by atoms with E-state index in [1.165, 1.54) is 4.90 Å². The highest BCUT2D eigenvalue weighted by Gasteiger charge is 2.15.